The minimum absolute atomic E-state index is 0. The molecule has 1 fully saturated rings. The normalized spacial score (nSPS) is 18.3. The molecule has 2 aliphatic rings. The molecule has 1 aromatic heterocycles. The van der Waals surface area contributed by atoms with E-state index >= 15 is 0 Å². The van der Waals surface area contributed by atoms with Crippen molar-refractivity contribution in [2.24, 2.45) is 0 Å². The lowest BCUT2D eigenvalue weighted by Gasteiger charge is -2.39. The Balaban J connectivity index is 0.00000210. The molecule has 1 aliphatic carbocycles. The molecule has 1 aromatic carbocycles. The maximum absolute atomic E-state index is 12.9. The van der Waals surface area contributed by atoms with E-state index in [2.05, 4.69) is 4.90 Å². The fourth-order valence-electron chi connectivity index (χ4n) is 4.27. The molecule has 1 aliphatic heterocycles. The lowest BCUT2D eigenvalue weighted by Crippen LogP contribution is -2.41. The Labute approximate surface area is 169 Å². The van der Waals surface area contributed by atoms with E-state index < -0.39 is 0 Å². The van der Waals surface area contributed by atoms with Crippen LogP contribution in [0.3, 0.4) is 0 Å². The predicted octanol–water partition coefficient (Wildman–Crippen LogP) is 4.89. The van der Waals surface area contributed by atoms with Crippen molar-refractivity contribution in [3.63, 3.8) is 0 Å². The van der Waals surface area contributed by atoms with Crippen LogP contribution in [0.15, 0.2) is 35.7 Å². The molecule has 0 amide bonds. The number of carbonyl (C=O) groups is 2. The third kappa shape index (κ3) is 4.00. The topological polar surface area (TPSA) is 37.4 Å². The van der Waals surface area contributed by atoms with Gasteiger partial charge in [0, 0.05) is 34.3 Å². The van der Waals surface area contributed by atoms with Gasteiger partial charge in [-0.2, -0.15) is 0 Å². The number of Topliss-reactive ketones (excluding diaryl/α,β-unsaturated/α-hetero) is 2. The smallest absolute Gasteiger partial charge is 0.164 e. The second kappa shape index (κ2) is 8.21. The molecule has 0 radical (unpaired) electrons. The average molecular weight is 408 g/mol. The molecule has 144 valence electrons. The number of hydrogen-bond acceptors (Lipinski definition) is 4. The molecule has 1 saturated heterocycles. The van der Waals surface area contributed by atoms with Gasteiger partial charge in [-0.1, -0.05) is 0 Å². The number of rotatable bonds is 5. The van der Waals surface area contributed by atoms with Gasteiger partial charge in [0.25, 0.3) is 0 Å². The van der Waals surface area contributed by atoms with E-state index in [1.807, 2.05) is 11.4 Å². The van der Waals surface area contributed by atoms with E-state index in [1.165, 1.54) is 17.0 Å². The van der Waals surface area contributed by atoms with Gasteiger partial charge in [0.15, 0.2) is 11.6 Å². The lowest BCUT2D eigenvalue weighted by atomic mass is 9.77. The molecule has 2 aromatic rings. The Bertz CT molecular complexity index is 825. The Morgan fingerprint density at radius 2 is 1.85 bits per heavy atom. The van der Waals surface area contributed by atoms with Crippen LogP contribution in [0.2, 0.25) is 0 Å². The van der Waals surface area contributed by atoms with E-state index in [-0.39, 0.29) is 29.4 Å². The molecular formula is C21H23ClFNO2S. The predicted molar refractivity (Wildman–Crippen MR) is 108 cm³/mol. The van der Waals surface area contributed by atoms with Gasteiger partial charge < -0.3 is 4.90 Å². The second-order valence-electron chi connectivity index (χ2n) is 7.42. The van der Waals surface area contributed by atoms with Crippen LogP contribution >= 0.6 is 23.7 Å². The Kier molecular flexibility index (Phi) is 6.14. The highest BCUT2D eigenvalue weighted by Crippen LogP contribution is 2.48. The summed E-state index contributed by atoms with van der Waals surface area (Å²) in [7, 11) is 0. The standard InChI is InChI=1S/C21H22FNO2S.ClH/c22-16-5-3-15(4-6-16)18(24)2-1-10-23-11-8-21(9-12-23)14-19(25)17-7-13-26-20(17)21;/h3-7,13H,1-2,8-12,14H2;1H. The number of hydrogen-bond donors (Lipinski definition) is 0. The van der Waals surface area contributed by atoms with Gasteiger partial charge in [-0.3, -0.25) is 9.59 Å². The van der Waals surface area contributed by atoms with Crippen molar-refractivity contribution >= 4 is 35.3 Å². The zero-order valence-corrected chi connectivity index (χ0v) is 16.7. The van der Waals surface area contributed by atoms with Crippen molar-refractivity contribution in [1.82, 2.24) is 4.90 Å². The second-order valence-corrected chi connectivity index (χ2v) is 8.34. The lowest BCUT2D eigenvalue weighted by molar-refractivity contribution is 0.0919. The molecule has 3 nitrogen and oxygen atoms in total. The van der Waals surface area contributed by atoms with Crippen molar-refractivity contribution < 1.29 is 14.0 Å². The summed E-state index contributed by atoms with van der Waals surface area (Å²) in [6, 6.07) is 7.75. The van der Waals surface area contributed by atoms with Crippen LogP contribution in [0.1, 0.15) is 57.7 Å². The quantitative estimate of drug-likeness (QED) is 0.662. The summed E-state index contributed by atoms with van der Waals surface area (Å²) in [6.45, 7) is 2.86. The molecule has 6 heteroatoms. The number of likely N-dealkylation sites (tertiary alicyclic amines) is 1. The molecule has 4 rings (SSSR count). The van der Waals surface area contributed by atoms with Crippen molar-refractivity contribution in [2.45, 2.75) is 37.5 Å². The van der Waals surface area contributed by atoms with Crippen molar-refractivity contribution in [3.05, 3.63) is 57.5 Å². The first kappa shape index (κ1) is 20.2. The van der Waals surface area contributed by atoms with Crippen LogP contribution in [0.5, 0.6) is 0 Å². The molecule has 0 saturated carbocycles. The third-order valence-electron chi connectivity index (χ3n) is 5.80. The molecule has 0 unspecified atom stereocenters. The molecule has 0 N–H and O–H groups in total. The highest BCUT2D eigenvalue weighted by atomic mass is 35.5. The molecule has 0 bridgehead atoms. The Morgan fingerprint density at radius 3 is 2.56 bits per heavy atom. The highest BCUT2D eigenvalue weighted by molar-refractivity contribution is 7.10. The van der Waals surface area contributed by atoms with E-state index in [0.29, 0.717) is 24.2 Å². The van der Waals surface area contributed by atoms with E-state index in [4.69, 9.17) is 0 Å². The van der Waals surface area contributed by atoms with E-state index in [1.54, 1.807) is 23.5 Å². The van der Waals surface area contributed by atoms with Crippen LogP contribution in [0.4, 0.5) is 4.39 Å². The van der Waals surface area contributed by atoms with Gasteiger partial charge in [-0.15, -0.1) is 23.7 Å². The summed E-state index contributed by atoms with van der Waals surface area (Å²) < 4.78 is 12.9. The number of fused-ring (bicyclic) bond motifs is 2. The molecular weight excluding hydrogens is 385 g/mol. The zero-order valence-electron chi connectivity index (χ0n) is 15.1. The number of nitrogens with zero attached hydrogens (tertiary/aromatic N) is 1. The summed E-state index contributed by atoms with van der Waals surface area (Å²) in [5, 5.41) is 2.04. The van der Waals surface area contributed by atoms with Gasteiger partial charge in [0.2, 0.25) is 0 Å². The molecule has 27 heavy (non-hydrogen) atoms. The van der Waals surface area contributed by atoms with Crippen molar-refractivity contribution in [2.75, 3.05) is 19.6 Å². The minimum Gasteiger partial charge on any atom is -0.303 e. The maximum atomic E-state index is 12.9. The number of benzene rings is 1. The van der Waals surface area contributed by atoms with Crippen LogP contribution in [-0.2, 0) is 5.41 Å². The first-order valence-electron chi connectivity index (χ1n) is 9.20. The summed E-state index contributed by atoms with van der Waals surface area (Å²) in [5.41, 5.74) is 1.60. The minimum atomic E-state index is -0.317. The first-order chi connectivity index (χ1) is 12.6. The van der Waals surface area contributed by atoms with Gasteiger partial charge in [-0.05, 0) is 74.6 Å². The monoisotopic (exact) mass is 407 g/mol. The summed E-state index contributed by atoms with van der Waals surface area (Å²) in [5.74, 6) is 0.0609. The third-order valence-corrected chi connectivity index (χ3v) is 6.96. The van der Waals surface area contributed by atoms with Crippen LogP contribution < -0.4 is 0 Å². The number of halogens is 2. The van der Waals surface area contributed by atoms with E-state index in [0.717, 1.165) is 44.5 Å². The fraction of sp³-hybridized carbons (Fsp3) is 0.429. The van der Waals surface area contributed by atoms with Crippen LogP contribution in [0.25, 0.3) is 0 Å². The highest BCUT2D eigenvalue weighted by Gasteiger charge is 2.45. The van der Waals surface area contributed by atoms with Crippen LogP contribution in [-0.4, -0.2) is 36.1 Å². The van der Waals surface area contributed by atoms with Gasteiger partial charge in [-0.25, -0.2) is 4.39 Å². The number of ketones is 2. The summed E-state index contributed by atoms with van der Waals surface area (Å²) in [6.07, 6.45) is 4.02. The SMILES string of the molecule is Cl.O=C(CCCN1CCC2(CC1)CC(=O)c1ccsc12)c1ccc(F)cc1. The summed E-state index contributed by atoms with van der Waals surface area (Å²) >= 11 is 1.73. The largest absolute Gasteiger partial charge is 0.303 e. The van der Waals surface area contributed by atoms with Gasteiger partial charge in [0.05, 0.1) is 0 Å². The number of piperidine rings is 1. The molecule has 2 heterocycles. The van der Waals surface area contributed by atoms with Gasteiger partial charge in [0.1, 0.15) is 5.82 Å². The zero-order chi connectivity index (χ0) is 18.1. The van der Waals surface area contributed by atoms with Crippen molar-refractivity contribution in [1.29, 1.82) is 0 Å². The molecule has 1 spiro atoms. The summed E-state index contributed by atoms with van der Waals surface area (Å²) in [4.78, 5) is 28.1. The van der Waals surface area contributed by atoms with Gasteiger partial charge >= 0.3 is 0 Å². The fourth-order valence-corrected chi connectivity index (χ4v) is 5.45. The average Bonchev–Trinajstić information content (AvgIpc) is 3.22. The molecule has 0 atom stereocenters. The Hall–Kier alpha value is -1.56. The van der Waals surface area contributed by atoms with E-state index in [9.17, 15) is 14.0 Å². The van der Waals surface area contributed by atoms with Crippen molar-refractivity contribution in [3.8, 4) is 0 Å². The number of thiophene rings is 1. The number of carbonyl (C=O) groups excluding carboxylic acids is 2. The first-order valence-corrected chi connectivity index (χ1v) is 10.1. The maximum Gasteiger partial charge on any atom is 0.164 e. The van der Waals surface area contributed by atoms with Crippen LogP contribution in [0, 0.1) is 5.82 Å². The Morgan fingerprint density at radius 1 is 1.15 bits per heavy atom.